The van der Waals surface area contributed by atoms with Crippen molar-refractivity contribution >= 4 is 17.2 Å². The summed E-state index contributed by atoms with van der Waals surface area (Å²) < 4.78 is 0. The molecule has 0 saturated carbocycles. The SMILES string of the molecule is N[C@@H]1CCN(C(=O)Cc2ccsc2)C1. The van der Waals surface area contributed by atoms with E-state index < -0.39 is 0 Å². The molecule has 0 radical (unpaired) electrons. The van der Waals surface area contributed by atoms with E-state index in [9.17, 15) is 4.79 Å². The van der Waals surface area contributed by atoms with Crippen LogP contribution in [0.4, 0.5) is 0 Å². The minimum absolute atomic E-state index is 0.182. The van der Waals surface area contributed by atoms with Crippen LogP contribution >= 0.6 is 11.3 Å². The van der Waals surface area contributed by atoms with Gasteiger partial charge < -0.3 is 10.6 Å². The molecule has 0 bridgehead atoms. The molecule has 1 aromatic heterocycles. The van der Waals surface area contributed by atoms with Crippen molar-refractivity contribution in [3.8, 4) is 0 Å². The predicted octanol–water partition coefficient (Wildman–Crippen LogP) is 0.850. The first-order valence-electron chi connectivity index (χ1n) is 4.80. The molecule has 1 atom stereocenters. The first kappa shape index (κ1) is 9.68. The van der Waals surface area contributed by atoms with Crippen molar-refractivity contribution in [2.75, 3.05) is 13.1 Å². The predicted molar refractivity (Wildman–Crippen MR) is 57.2 cm³/mol. The minimum atomic E-state index is 0.182. The number of nitrogens with two attached hydrogens (primary N) is 1. The number of thiophene rings is 1. The van der Waals surface area contributed by atoms with Crippen LogP contribution in [-0.4, -0.2) is 29.9 Å². The van der Waals surface area contributed by atoms with Gasteiger partial charge in [0, 0.05) is 19.1 Å². The van der Waals surface area contributed by atoms with Gasteiger partial charge in [-0.05, 0) is 28.8 Å². The molecule has 14 heavy (non-hydrogen) atoms. The third-order valence-corrected chi connectivity index (χ3v) is 3.24. The summed E-state index contributed by atoms with van der Waals surface area (Å²) in [7, 11) is 0. The molecule has 1 aliphatic heterocycles. The molecule has 0 aliphatic carbocycles. The second kappa shape index (κ2) is 4.11. The van der Waals surface area contributed by atoms with Crippen LogP contribution < -0.4 is 5.73 Å². The van der Waals surface area contributed by atoms with Crippen LogP contribution in [0.5, 0.6) is 0 Å². The van der Waals surface area contributed by atoms with Gasteiger partial charge >= 0.3 is 0 Å². The molecule has 1 aliphatic rings. The Morgan fingerprint density at radius 1 is 1.71 bits per heavy atom. The van der Waals surface area contributed by atoms with Gasteiger partial charge in [0.2, 0.25) is 5.91 Å². The van der Waals surface area contributed by atoms with Crippen LogP contribution in [0.2, 0.25) is 0 Å². The van der Waals surface area contributed by atoms with Crippen molar-refractivity contribution in [2.24, 2.45) is 5.73 Å². The Hall–Kier alpha value is -0.870. The number of carbonyl (C=O) groups excluding carboxylic acids is 1. The fraction of sp³-hybridized carbons (Fsp3) is 0.500. The monoisotopic (exact) mass is 210 g/mol. The zero-order valence-corrected chi connectivity index (χ0v) is 8.80. The van der Waals surface area contributed by atoms with Gasteiger partial charge in [0.05, 0.1) is 6.42 Å². The van der Waals surface area contributed by atoms with Crippen LogP contribution in [0.1, 0.15) is 12.0 Å². The average molecular weight is 210 g/mol. The maximum atomic E-state index is 11.7. The average Bonchev–Trinajstić information content (AvgIpc) is 2.75. The summed E-state index contributed by atoms with van der Waals surface area (Å²) in [5, 5.41) is 4.02. The van der Waals surface area contributed by atoms with E-state index in [-0.39, 0.29) is 11.9 Å². The van der Waals surface area contributed by atoms with E-state index in [0.29, 0.717) is 6.42 Å². The molecular weight excluding hydrogens is 196 g/mol. The quantitative estimate of drug-likeness (QED) is 0.786. The molecule has 4 heteroatoms. The Labute approximate surface area is 87.5 Å². The number of hydrogen-bond acceptors (Lipinski definition) is 3. The first-order valence-corrected chi connectivity index (χ1v) is 5.74. The Kier molecular flexibility index (Phi) is 2.84. The lowest BCUT2D eigenvalue weighted by Crippen LogP contribution is -2.32. The molecule has 1 aromatic rings. The molecule has 2 rings (SSSR count). The van der Waals surface area contributed by atoms with Crippen LogP contribution in [-0.2, 0) is 11.2 Å². The highest BCUT2D eigenvalue weighted by atomic mass is 32.1. The molecule has 0 unspecified atom stereocenters. The summed E-state index contributed by atoms with van der Waals surface area (Å²) in [5.74, 6) is 0.205. The first-order chi connectivity index (χ1) is 6.75. The summed E-state index contributed by atoms with van der Waals surface area (Å²) in [6, 6.07) is 2.18. The molecule has 0 aromatic carbocycles. The van der Waals surface area contributed by atoms with Crippen molar-refractivity contribution in [1.82, 2.24) is 4.90 Å². The highest BCUT2D eigenvalue weighted by Crippen LogP contribution is 2.12. The summed E-state index contributed by atoms with van der Waals surface area (Å²) in [4.78, 5) is 13.6. The van der Waals surface area contributed by atoms with Crippen LogP contribution in [0.15, 0.2) is 16.8 Å². The van der Waals surface area contributed by atoms with Gasteiger partial charge in [-0.3, -0.25) is 4.79 Å². The van der Waals surface area contributed by atoms with Gasteiger partial charge in [-0.1, -0.05) is 0 Å². The van der Waals surface area contributed by atoms with E-state index in [1.54, 1.807) is 11.3 Å². The van der Waals surface area contributed by atoms with Crippen molar-refractivity contribution < 1.29 is 4.79 Å². The van der Waals surface area contributed by atoms with Gasteiger partial charge in [-0.25, -0.2) is 0 Å². The normalized spacial score (nSPS) is 21.5. The lowest BCUT2D eigenvalue weighted by molar-refractivity contribution is -0.129. The van der Waals surface area contributed by atoms with E-state index in [1.165, 1.54) is 0 Å². The number of nitrogens with zero attached hydrogens (tertiary/aromatic N) is 1. The topological polar surface area (TPSA) is 46.3 Å². The van der Waals surface area contributed by atoms with Crippen molar-refractivity contribution in [3.63, 3.8) is 0 Å². The molecule has 76 valence electrons. The van der Waals surface area contributed by atoms with Crippen LogP contribution in [0, 0.1) is 0 Å². The van der Waals surface area contributed by atoms with E-state index in [2.05, 4.69) is 0 Å². The second-order valence-corrected chi connectivity index (χ2v) is 4.48. The van der Waals surface area contributed by atoms with Gasteiger partial charge in [-0.2, -0.15) is 11.3 Å². The third kappa shape index (κ3) is 2.13. The smallest absolute Gasteiger partial charge is 0.227 e. The van der Waals surface area contributed by atoms with Crippen molar-refractivity contribution in [2.45, 2.75) is 18.9 Å². The van der Waals surface area contributed by atoms with E-state index in [4.69, 9.17) is 5.73 Å². The molecule has 2 N–H and O–H groups in total. The van der Waals surface area contributed by atoms with Crippen molar-refractivity contribution in [1.29, 1.82) is 0 Å². The van der Waals surface area contributed by atoms with Gasteiger partial charge in [0.15, 0.2) is 0 Å². The minimum Gasteiger partial charge on any atom is -0.341 e. The lowest BCUT2D eigenvalue weighted by atomic mass is 10.2. The van der Waals surface area contributed by atoms with Crippen LogP contribution in [0.25, 0.3) is 0 Å². The third-order valence-electron chi connectivity index (χ3n) is 2.51. The van der Waals surface area contributed by atoms with E-state index in [1.807, 2.05) is 21.7 Å². The Morgan fingerprint density at radius 2 is 2.57 bits per heavy atom. The number of amides is 1. The van der Waals surface area contributed by atoms with E-state index in [0.717, 1.165) is 25.1 Å². The number of carbonyl (C=O) groups is 1. The van der Waals surface area contributed by atoms with E-state index >= 15 is 0 Å². The molecule has 3 nitrogen and oxygen atoms in total. The highest BCUT2D eigenvalue weighted by molar-refractivity contribution is 7.07. The van der Waals surface area contributed by atoms with Gasteiger partial charge in [0.25, 0.3) is 0 Å². The van der Waals surface area contributed by atoms with Crippen molar-refractivity contribution in [3.05, 3.63) is 22.4 Å². The Bertz CT molecular complexity index is 310. The summed E-state index contributed by atoms with van der Waals surface area (Å²) in [6.07, 6.45) is 1.46. The molecule has 0 spiro atoms. The molecule has 1 fully saturated rings. The maximum absolute atomic E-state index is 11.7. The largest absolute Gasteiger partial charge is 0.341 e. The number of likely N-dealkylation sites (tertiary alicyclic amines) is 1. The van der Waals surface area contributed by atoms with Crippen LogP contribution in [0.3, 0.4) is 0 Å². The molecular formula is C10H14N2OS. The Balaban J connectivity index is 1.90. The summed E-state index contributed by atoms with van der Waals surface area (Å²) in [6.45, 7) is 1.55. The zero-order valence-electron chi connectivity index (χ0n) is 7.98. The number of hydrogen-bond donors (Lipinski definition) is 1. The second-order valence-electron chi connectivity index (χ2n) is 3.70. The fourth-order valence-electron chi connectivity index (χ4n) is 1.69. The lowest BCUT2D eigenvalue weighted by Gasteiger charge is -2.14. The maximum Gasteiger partial charge on any atom is 0.227 e. The molecule has 1 saturated heterocycles. The standard InChI is InChI=1S/C10H14N2OS/c11-9-1-3-12(6-9)10(13)5-8-2-4-14-7-8/h2,4,7,9H,1,3,5-6,11H2/t9-/m1/s1. The zero-order chi connectivity index (χ0) is 9.97. The highest BCUT2D eigenvalue weighted by Gasteiger charge is 2.23. The summed E-state index contributed by atoms with van der Waals surface area (Å²) >= 11 is 1.63. The molecule has 1 amide bonds. The van der Waals surface area contributed by atoms with Gasteiger partial charge in [0.1, 0.15) is 0 Å². The molecule has 2 heterocycles. The number of rotatable bonds is 2. The fourth-order valence-corrected chi connectivity index (χ4v) is 2.36. The Morgan fingerprint density at radius 3 is 3.14 bits per heavy atom. The summed E-state index contributed by atoms with van der Waals surface area (Å²) in [5.41, 5.74) is 6.86. The van der Waals surface area contributed by atoms with Gasteiger partial charge in [-0.15, -0.1) is 0 Å².